The number of nitrogens with zero attached hydrogens (tertiary/aromatic N) is 4. The minimum absolute atomic E-state index is 0.338. The van der Waals surface area contributed by atoms with Crippen LogP contribution in [0.5, 0.6) is 0 Å². The summed E-state index contributed by atoms with van der Waals surface area (Å²) in [5.41, 5.74) is 1.74. The predicted molar refractivity (Wildman–Crippen MR) is 82.5 cm³/mol. The summed E-state index contributed by atoms with van der Waals surface area (Å²) >= 11 is 6.03. The topological polar surface area (TPSA) is 51.1 Å². The number of rotatable bonds is 3. The van der Waals surface area contributed by atoms with Crippen LogP contribution < -0.4 is 4.90 Å². The highest BCUT2D eigenvalue weighted by molar-refractivity contribution is 6.30. The van der Waals surface area contributed by atoms with Crippen molar-refractivity contribution in [2.45, 2.75) is 18.9 Å². The highest BCUT2D eigenvalue weighted by Crippen LogP contribution is 2.23. The van der Waals surface area contributed by atoms with Crippen molar-refractivity contribution >= 4 is 17.5 Å². The van der Waals surface area contributed by atoms with Crippen molar-refractivity contribution in [3.8, 4) is 11.3 Å². The number of piperidine rings is 1. The van der Waals surface area contributed by atoms with Gasteiger partial charge in [0.05, 0.1) is 18.0 Å². The molecule has 1 aliphatic rings. The molecule has 3 rings (SSSR count). The lowest BCUT2D eigenvalue weighted by atomic mass is 10.1. The van der Waals surface area contributed by atoms with Crippen LogP contribution in [0.25, 0.3) is 11.3 Å². The zero-order valence-electron chi connectivity index (χ0n) is 11.9. The Morgan fingerprint density at radius 2 is 2.10 bits per heavy atom. The van der Waals surface area contributed by atoms with Gasteiger partial charge in [0.2, 0.25) is 5.95 Å². The van der Waals surface area contributed by atoms with Gasteiger partial charge in [-0.1, -0.05) is 23.7 Å². The lowest BCUT2D eigenvalue weighted by Crippen LogP contribution is -2.37. The van der Waals surface area contributed by atoms with Gasteiger partial charge in [0.25, 0.3) is 0 Å². The third-order valence-electron chi connectivity index (χ3n) is 3.73. The number of hydrogen-bond donors (Lipinski definition) is 0. The van der Waals surface area contributed by atoms with Crippen LogP contribution in [-0.4, -0.2) is 41.5 Å². The maximum absolute atomic E-state index is 6.03. The lowest BCUT2D eigenvalue weighted by Gasteiger charge is -2.30. The maximum Gasteiger partial charge on any atom is 0.245 e. The van der Waals surface area contributed by atoms with E-state index in [-0.39, 0.29) is 0 Å². The molecule has 21 heavy (non-hydrogen) atoms. The quantitative estimate of drug-likeness (QED) is 0.873. The van der Waals surface area contributed by atoms with Crippen LogP contribution in [0.15, 0.2) is 30.5 Å². The largest absolute Gasteiger partial charge is 0.381 e. The Hall–Kier alpha value is -1.72. The number of methoxy groups -OCH3 is 1. The third kappa shape index (κ3) is 3.31. The molecule has 0 N–H and O–H groups in total. The summed E-state index contributed by atoms with van der Waals surface area (Å²) in [6.45, 7) is 1.78. The van der Waals surface area contributed by atoms with Gasteiger partial charge in [-0.25, -0.2) is 4.98 Å². The van der Waals surface area contributed by atoms with Crippen LogP contribution in [0.3, 0.4) is 0 Å². The van der Waals surface area contributed by atoms with Gasteiger partial charge in [0, 0.05) is 30.8 Å². The molecule has 0 atom stereocenters. The van der Waals surface area contributed by atoms with E-state index >= 15 is 0 Å². The Bertz CT molecular complexity index is 614. The summed E-state index contributed by atoms with van der Waals surface area (Å²) in [7, 11) is 1.76. The first-order valence-electron chi connectivity index (χ1n) is 6.99. The van der Waals surface area contributed by atoms with E-state index in [0.717, 1.165) is 37.2 Å². The number of benzene rings is 1. The van der Waals surface area contributed by atoms with Crippen molar-refractivity contribution in [2.24, 2.45) is 0 Å². The molecule has 6 heteroatoms. The molecule has 0 aliphatic carbocycles. The van der Waals surface area contributed by atoms with E-state index in [1.54, 1.807) is 13.3 Å². The van der Waals surface area contributed by atoms with E-state index in [4.69, 9.17) is 16.3 Å². The lowest BCUT2D eigenvalue weighted by molar-refractivity contribution is 0.0816. The number of halogens is 1. The van der Waals surface area contributed by atoms with Crippen molar-refractivity contribution in [3.05, 3.63) is 35.5 Å². The fourth-order valence-corrected chi connectivity index (χ4v) is 2.70. The smallest absolute Gasteiger partial charge is 0.245 e. The van der Waals surface area contributed by atoms with Gasteiger partial charge < -0.3 is 9.64 Å². The monoisotopic (exact) mass is 304 g/mol. The highest BCUT2D eigenvalue weighted by Gasteiger charge is 2.21. The number of anilines is 1. The second-order valence-corrected chi connectivity index (χ2v) is 5.51. The van der Waals surface area contributed by atoms with Gasteiger partial charge in [-0.3, -0.25) is 0 Å². The van der Waals surface area contributed by atoms with E-state index in [9.17, 15) is 0 Å². The summed E-state index contributed by atoms with van der Waals surface area (Å²) in [6, 6.07) is 7.60. The predicted octanol–water partition coefficient (Wildman–Crippen LogP) is 2.81. The van der Waals surface area contributed by atoms with E-state index in [1.165, 1.54) is 0 Å². The molecular weight excluding hydrogens is 288 g/mol. The van der Waals surface area contributed by atoms with Crippen molar-refractivity contribution in [1.29, 1.82) is 0 Å². The molecule has 2 heterocycles. The highest BCUT2D eigenvalue weighted by atomic mass is 35.5. The number of aromatic nitrogens is 3. The molecule has 1 aromatic carbocycles. The van der Waals surface area contributed by atoms with E-state index in [2.05, 4.69) is 20.1 Å². The van der Waals surface area contributed by atoms with Gasteiger partial charge in [-0.2, -0.15) is 5.10 Å². The first-order chi connectivity index (χ1) is 10.3. The Morgan fingerprint density at radius 3 is 2.81 bits per heavy atom. The fourth-order valence-electron chi connectivity index (χ4n) is 2.51. The van der Waals surface area contributed by atoms with E-state index in [0.29, 0.717) is 17.1 Å². The van der Waals surface area contributed by atoms with Crippen molar-refractivity contribution in [1.82, 2.24) is 15.2 Å². The minimum Gasteiger partial charge on any atom is -0.381 e. The second kappa shape index (κ2) is 6.37. The molecule has 1 aliphatic heterocycles. The third-order valence-corrected chi connectivity index (χ3v) is 3.96. The molecule has 2 aromatic rings. The average molecular weight is 305 g/mol. The molecular formula is C15H17ClN4O. The van der Waals surface area contributed by atoms with Gasteiger partial charge in [-0.05, 0) is 25.0 Å². The summed E-state index contributed by atoms with van der Waals surface area (Å²) in [5.74, 6) is 0.669. The molecule has 110 valence electrons. The minimum atomic E-state index is 0.338. The molecule has 1 saturated heterocycles. The van der Waals surface area contributed by atoms with Crippen LogP contribution in [0.4, 0.5) is 5.95 Å². The molecule has 0 radical (unpaired) electrons. The van der Waals surface area contributed by atoms with Crippen LogP contribution in [0, 0.1) is 0 Å². The van der Waals surface area contributed by atoms with Crippen LogP contribution in [0.1, 0.15) is 12.8 Å². The molecule has 0 amide bonds. The number of ether oxygens (including phenoxy) is 1. The Morgan fingerprint density at radius 1 is 1.29 bits per heavy atom. The first-order valence-corrected chi connectivity index (χ1v) is 7.37. The van der Waals surface area contributed by atoms with Gasteiger partial charge in [0.1, 0.15) is 0 Å². The normalized spacial score (nSPS) is 16.2. The van der Waals surface area contributed by atoms with Crippen molar-refractivity contribution in [2.75, 3.05) is 25.1 Å². The molecule has 0 saturated carbocycles. The molecule has 5 nitrogen and oxygen atoms in total. The zero-order chi connectivity index (χ0) is 14.7. The summed E-state index contributed by atoms with van der Waals surface area (Å²) in [4.78, 5) is 6.76. The molecule has 1 aromatic heterocycles. The standard InChI is InChI=1S/C15H17ClN4O/c1-21-13-5-7-20(8-6-13)15-18-14(10-17-19-15)11-3-2-4-12(16)9-11/h2-4,9-10,13H,5-8H2,1H3. The average Bonchev–Trinajstić information content (AvgIpc) is 2.55. The molecule has 0 spiro atoms. The summed E-state index contributed by atoms with van der Waals surface area (Å²) < 4.78 is 5.38. The Labute approximate surface area is 128 Å². The Balaban J connectivity index is 1.81. The molecule has 1 fully saturated rings. The maximum atomic E-state index is 6.03. The van der Waals surface area contributed by atoms with Gasteiger partial charge in [-0.15, -0.1) is 5.10 Å². The van der Waals surface area contributed by atoms with Crippen LogP contribution >= 0.6 is 11.6 Å². The number of hydrogen-bond acceptors (Lipinski definition) is 5. The zero-order valence-corrected chi connectivity index (χ0v) is 12.6. The Kier molecular flexibility index (Phi) is 4.31. The van der Waals surface area contributed by atoms with E-state index < -0.39 is 0 Å². The van der Waals surface area contributed by atoms with Crippen molar-refractivity contribution in [3.63, 3.8) is 0 Å². The molecule has 0 unspecified atom stereocenters. The van der Waals surface area contributed by atoms with Crippen molar-refractivity contribution < 1.29 is 4.74 Å². The van der Waals surface area contributed by atoms with E-state index in [1.807, 2.05) is 24.3 Å². The molecule has 0 bridgehead atoms. The van der Waals surface area contributed by atoms with Gasteiger partial charge >= 0.3 is 0 Å². The first kappa shape index (κ1) is 14.2. The second-order valence-electron chi connectivity index (χ2n) is 5.07. The van der Waals surface area contributed by atoms with Crippen LogP contribution in [-0.2, 0) is 4.74 Å². The van der Waals surface area contributed by atoms with Gasteiger partial charge in [0.15, 0.2) is 0 Å². The SMILES string of the molecule is COC1CCN(c2nncc(-c3cccc(Cl)c3)n2)CC1. The summed E-state index contributed by atoms with van der Waals surface area (Å²) in [5, 5.41) is 8.92. The summed E-state index contributed by atoms with van der Waals surface area (Å²) in [6.07, 6.45) is 3.98. The fraction of sp³-hybridized carbons (Fsp3) is 0.400. The van der Waals surface area contributed by atoms with Crippen LogP contribution in [0.2, 0.25) is 5.02 Å².